The van der Waals surface area contributed by atoms with Gasteiger partial charge in [0, 0.05) is 13.0 Å². The molecular formula is C13H16FN3OS. The highest BCUT2D eigenvalue weighted by Gasteiger charge is 2.12. The number of nitrogens with zero attached hydrogens (tertiary/aromatic N) is 2. The molecule has 2 aromatic rings. The van der Waals surface area contributed by atoms with Gasteiger partial charge >= 0.3 is 0 Å². The van der Waals surface area contributed by atoms with Crippen LogP contribution < -0.4 is 5.32 Å². The van der Waals surface area contributed by atoms with Crippen molar-refractivity contribution in [1.29, 1.82) is 0 Å². The first-order valence-electron chi connectivity index (χ1n) is 6.11. The predicted molar refractivity (Wildman–Crippen MR) is 71.6 cm³/mol. The maximum absolute atomic E-state index is 14.0. The van der Waals surface area contributed by atoms with Crippen molar-refractivity contribution >= 4 is 11.8 Å². The minimum Gasteiger partial charge on any atom is -0.416 e. The average molecular weight is 281 g/mol. The van der Waals surface area contributed by atoms with Gasteiger partial charge in [-0.3, -0.25) is 0 Å². The Labute approximate surface area is 115 Å². The van der Waals surface area contributed by atoms with Gasteiger partial charge in [0.1, 0.15) is 5.82 Å². The van der Waals surface area contributed by atoms with Gasteiger partial charge in [0.25, 0.3) is 5.22 Å². The smallest absolute Gasteiger partial charge is 0.281 e. The predicted octanol–water partition coefficient (Wildman–Crippen LogP) is 3.34. The van der Waals surface area contributed by atoms with Crippen molar-refractivity contribution in [3.05, 3.63) is 35.5 Å². The van der Waals surface area contributed by atoms with Gasteiger partial charge in [-0.2, -0.15) is 0 Å². The summed E-state index contributed by atoms with van der Waals surface area (Å²) in [5.74, 6) is 0.198. The van der Waals surface area contributed by atoms with Gasteiger partial charge in [-0.25, -0.2) is 4.39 Å². The van der Waals surface area contributed by atoms with Crippen molar-refractivity contribution in [3.63, 3.8) is 0 Å². The summed E-state index contributed by atoms with van der Waals surface area (Å²) in [6.07, 6.45) is 0. The van der Waals surface area contributed by atoms with Crippen LogP contribution in [0.15, 0.2) is 32.7 Å². The third-order valence-corrected chi connectivity index (χ3v) is 3.56. The lowest BCUT2D eigenvalue weighted by atomic mass is 10.1. The van der Waals surface area contributed by atoms with E-state index in [0.29, 0.717) is 16.0 Å². The van der Waals surface area contributed by atoms with Gasteiger partial charge in [-0.1, -0.05) is 13.0 Å². The lowest BCUT2D eigenvalue weighted by Crippen LogP contribution is -2.17. The Morgan fingerprint density at radius 2 is 2.21 bits per heavy atom. The van der Waals surface area contributed by atoms with Crippen LogP contribution in [-0.4, -0.2) is 16.7 Å². The fraction of sp³-hybridized carbons (Fsp3) is 0.385. The van der Waals surface area contributed by atoms with Gasteiger partial charge in [0.15, 0.2) is 0 Å². The average Bonchev–Trinajstić information content (AvgIpc) is 2.78. The van der Waals surface area contributed by atoms with Crippen molar-refractivity contribution in [2.24, 2.45) is 0 Å². The molecule has 1 aromatic heterocycles. The highest BCUT2D eigenvalue weighted by atomic mass is 32.2. The van der Waals surface area contributed by atoms with Gasteiger partial charge < -0.3 is 9.73 Å². The summed E-state index contributed by atoms with van der Waals surface area (Å²) in [6.45, 7) is 6.58. The molecule has 0 aliphatic rings. The Morgan fingerprint density at radius 1 is 1.42 bits per heavy atom. The van der Waals surface area contributed by atoms with Crippen LogP contribution in [-0.2, 0) is 0 Å². The molecule has 1 N–H and O–H groups in total. The fourth-order valence-electron chi connectivity index (χ4n) is 1.71. The summed E-state index contributed by atoms with van der Waals surface area (Å²) in [4.78, 5) is 0.482. The zero-order valence-electron chi connectivity index (χ0n) is 11.1. The van der Waals surface area contributed by atoms with Gasteiger partial charge in [0.2, 0.25) is 5.89 Å². The van der Waals surface area contributed by atoms with E-state index in [1.54, 1.807) is 19.1 Å². The van der Waals surface area contributed by atoms with Crippen LogP contribution in [0.1, 0.15) is 31.3 Å². The van der Waals surface area contributed by atoms with Crippen LogP contribution in [0, 0.1) is 12.7 Å². The first kappa shape index (κ1) is 14.0. The number of benzene rings is 1. The summed E-state index contributed by atoms with van der Waals surface area (Å²) in [5.41, 5.74) is 0.922. The molecule has 0 amide bonds. The first-order valence-corrected chi connectivity index (χ1v) is 6.92. The molecule has 2 rings (SSSR count). The minimum absolute atomic E-state index is 0.129. The van der Waals surface area contributed by atoms with Crippen LogP contribution in [0.25, 0.3) is 0 Å². The van der Waals surface area contributed by atoms with Crippen LogP contribution >= 0.6 is 11.8 Å². The van der Waals surface area contributed by atoms with Crippen LogP contribution in [0.2, 0.25) is 0 Å². The second-order valence-corrected chi connectivity index (χ2v) is 5.15. The van der Waals surface area contributed by atoms with E-state index in [1.165, 1.54) is 0 Å². The topological polar surface area (TPSA) is 51.0 Å². The van der Waals surface area contributed by atoms with Crippen molar-refractivity contribution < 1.29 is 8.81 Å². The molecule has 19 heavy (non-hydrogen) atoms. The monoisotopic (exact) mass is 281 g/mol. The molecule has 0 aliphatic carbocycles. The second kappa shape index (κ2) is 6.16. The summed E-state index contributed by atoms with van der Waals surface area (Å²) < 4.78 is 19.2. The van der Waals surface area contributed by atoms with Gasteiger partial charge in [-0.05, 0) is 42.9 Å². The molecule has 1 heterocycles. The summed E-state index contributed by atoms with van der Waals surface area (Å²) in [7, 11) is 0. The number of aromatic nitrogens is 2. The maximum Gasteiger partial charge on any atom is 0.281 e. The molecule has 1 atom stereocenters. The van der Waals surface area contributed by atoms with Gasteiger partial charge in [0.05, 0.1) is 4.90 Å². The molecule has 102 valence electrons. The van der Waals surface area contributed by atoms with E-state index in [0.717, 1.165) is 23.9 Å². The van der Waals surface area contributed by atoms with Crippen molar-refractivity contribution in [2.75, 3.05) is 6.54 Å². The SMILES string of the molecule is CCNC(C)c1ccc(Sc2nnc(C)o2)c(F)c1. The molecule has 4 nitrogen and oxygen atoms in total. The highest BCUT2D eigenvalue weighted by molar-refractivity contribution is 7.99. The molecule has 6 heteroatoms. The summed E-state index contributed by atoms with van der Waals surface area (Å²) in [6, 6.07) is 5.31. The Bertz CT molecular complexity index is 559. The fourth-order valence-corrected chi connectivity index (χ4v) is 2.43. The Morgan fingerprint density at radius 3 is 2.79 bits per heavy atom. The lowest BCUT2D eigenvalue weighted by molar-refractivity contribution is 0.429. The van der Waals surface area contributed by atoms with Crippen LogP contribution in [0.5, 0.6) is 0 Å². The van der Waals surface area contributed by atoms with Crippen molar-refractivity contribution in [3.8, 4) is 0 Å². The van der Waals surface area contributed by atoms with E-state index in [-0.39, 0.29) is 11.9 Å². The lowest BCUT2D eigenvalue weighted by Gasteiger charge is -2.13. The minimum atomic E-state index is -0.275. The van der Waals surface area contributed by atoms with Crippen molar-refractivity contribution in [2.45, 2.75) is 36.9 Å². The summed E-state index contributed by atoms with van der Waals surface area (Å²) >= 11 is 1.13. The van der Waals surface area contributed by atoms with Crippen molar-refractivity contribution in [1.82, 2.24) is 15.5 Å². The zero-order valence-corrected chi connectivity index (χ0v) is 11.9. The number of nitrogens with one attached hydrogen (secondary N) is 1. The quantitative estimate of drug-likeness (QED) is 0.911. The molecule has 0 saturated carbocycles. The molecule has 1 aromatic carbocycles. The normalized spacial score (nSPS) is 12.6. The van der Waals surface area contributed by atoms with E-state index in [2.05, 4.69) is 15.5 Å². The Hall–Kier alpha value is -1.40. The number of hydrogen-bond acceptors (Lipinski definition) is 5. The molecule has 0 saturated heterocycles. The standard InChI is InChI=1S/C13H16FN3OS/c1-4-15-8(2)10-5-6-12(11(14)7-10)19-13-17-16-9(3)18-13/h5-8,15H,4H2,1-3H3. The molecule has 0 aliphatic heterocycles. The van der Waals surface area contributed by atoms with Crippen LogP contribution in [0.4, 0.5) is 4.39 Å². The van der Waals surface area contributed by atoms with E-state index in [4.69, 9.17) is 4.42 Å². The molecule has 0 spiro atoms. The van der Waals surface area contributed by atoms with E-state index >= 15 is 0 Å². The first-order chi connectivity index (χ1) is 9.10. The number of halogens is 1. The molecule has 0 fully saturated rings. The Kier molecular flexibility index (Phi) is 4.55. The number of hydrogen-bond donors (Lipinski definition) is 1. The zero-order chi connectivity index (χ0) is 13.8. The number of aryl methyl sites for hydroxylation is 1. The maximum atomic E-state index is 14.0. The summed E-state index contributed by atoms with van der Waals surface area (Å²) in [5, 5.41) is 11.1. The number of rotatable bonds is 5. The van der Waals surface area contributed by atoms with Gasteiger partial charge in [-0.15, -0.1) is 10.2 Å². The van der Waals surface area contributed by atoms with Crippen LogP contribution in [0.3, 0.4) is 0 Å². The third-order valence-electron chi connectivity index (χ3n) is 2.67. The second-order valence-electron chi connectivity index (χ2n) is 4.16. The van der Waals surface area contributed by atoms with E-state index < -0.39 is 0 Å². The molecule has 1 unspecified atom stereocenters. The molecule has 0 bridgehead atoms. The Balaban J connectivity index is 2.15. The molecule has 0 radical (unpaired) electrons. The highest BCUT2D eigenvalue weighted by Crippen LogP contribution is 2.30. The molecular weight excluding hydrogens is 265 g/mol. The van der Waals surface area contributed by atoms with E-state index in [1.807, 2.05) is 19.9 Å². The third kappa shape index (κ3) is 3.54. The largest absolute Gasteiger partial charge is 0.416 e. The van der Waals surface area contributed by atoms with E-state index in [9.17, 15) is 4.39 Å².